The standard InChI is InChI=1S/C14H19NO4/c1-5-18-13(17)14(3,4)19-11-7-6-10(12(15)16)8-9(11)2/h6-8H,5H2,1-4H3,(H2,15,16). The van der Waals surface area contributed by atoms with Crippen molar-refractivity contribution in [3.8, 4) is 5.75 Å². The molecule has 19 heavy (non-hydrogen) atoms. The van der Waals surface area contributed by atoms with Crippen LogP contribution < -0.4 is 10.5 Å². The van der Waals surface area contributed by atoms with Gasteiger partial charge in [0.2, 0.25) is 5.91 Å². The number of rotatable bonds is 5. The summed E-state index contributed by atoms with van der Waals surface area (Å²) in [5.41, 5.74) is 5.24. The van der Waals surface area contributed by atoms with E-state index in [-0.39, 0.29) is 0 Å². The van der Waals surface area contributed by atoms with Crippen molar-refractivity contribution >= 4 is 11.9 Å². The maximum Gasteiger partial charge on any atom is 0.349 e. The van der Waals surface area contributed by atoms with E-state index in [0.717, 1.165) is 5.56 Å². The van der Waals surface area contributed by atoms with Crippen molar-refractivity contribution in [2.24, 2.45) is 5.73 Å². The van der Waals surface area contributed by atoms with E-state index in [1.165, 1.54) is 0 Å². The Morgan fingerprint density at radius 1 is 1.32 bits per heavy atom. The van der Waals surface area contributed by atoms with Crippen LogP contribution in [0.5, 0.6) is 5.75 Å². The quantitative estimate of drug-likeness (QED) is 0.823. The van der Waals surface area contributed by atoms with Crippen LogP contribution in [0.1, 0.15) is 36.7 Å². The molecule has 0 unspecified atom stereocenters. The van der Waals surface area contributed by atoms with Crippen molar-refractivity contribution in [2.45, 2.75) is 33.3 Å². The number of carbonyl (C=O) groups is 2. The Balaban J connectivity index is 2.93. The monoisotopic (exact) mass is 265 g/mol. The fourth-order valence-electron chi connectivity index (χ4n) is 1.54. The van der Waals surface area contributed by atoms with Gasteiger partial charge in [-0.1, -0.05) is 0 Å². The molecule has 0 atom stereocenters. The molecule has 0 saturated carbocycles. The van der Waals surface area contributed by atoms with E-state index >= 15 is 0 Å². The number of hydrogen-bond donors (Lipinski definition) is 1. The molecule has 0 radical (unpaired) electrons. The van der Waals surface area contributed by atoms with Gasteiger partial charge >= 0.3 is 5.97 Å². The lowest BCUT2D eigenvalue weighted by Gasteiger charge is -2.25. The molecule has 1 aromatic carbocycles. The van der Waals surface area contributed by atoms with Crippen LogP contribution in [-0.4, -0.2) is 24.1 Å². The largest absolute Gasteiger partial charge is 0.476 e. The Bertz CT molecular complexity index is 494. The second-order valence-corrected chi connectivity index (χ2v) is 4.68. The Morgan fingerprint density at radius 2 is 1.95 bits per heavy atom. The third-order valence-corrected chi connectivity index (χ3v) is 2.59. The highest BCUT2D eigenvalue weighted by Crippen LogP contribution is 2.24. The minimum Gasteiger partial charge on any atom is -0.476 e. The molecular formula is C14H19NO4. The average molecular weight is 265 g/mol. The van der Waals surface area contributed by atoms with Crippen LogP contribution in [0.3, 0.4) is 0 Å². The maximum absolute atomic E-state index is 11.7. The SMILES string of the molecule is CCOC(=O)C(C)(C)Oc1ccc(C(N)=O)cc1C. The van der Waals surface area contributed by atoms with Gasteiger partial charge in [0.15, 0.2) is 5.60 Å². The van der Waals surface area contributed by atoms with Crippen LogP contribution >= 0.6 is 0 Å². The maximum atomic E-state index is 11.7. The number of primary amides is 1. The van der Waals surface area contributed by atoms with E-state index in [2.05, 4.69) is 0 Å². The first-order chi connectivity index (χ1) is 8.77. The Kier molecular flexibility index (Phi) is 4.53. The Labute approximate surface area is 112 Å². The number of amides is 1. The molecule has 0 aliphatic heterocycles. The predicted molar refractivity (Wildman–Crippen MR) is 71.0 cm³/mol. The van der Waals surface area contributed by atoms with Crippen molar-refractivity contribution in [3.63, 3.8) is 0 Å². The second-order valence-electron chi connectivity index (χ2n) is 4.68. The molecule has 5 nitrogen and oxygen atoms in total. The van der Waals surface area contributed by atoms with Gasteiger partial charge in [0, 0.05) is 5.56 Å². The number of hydrogen-bond acceptors (Lipinski definition) is 4. The highest BCUT2D eigenvalue weighted by atomic mass is 16.6. The molecule has 0 aliphatic rings. The summed E-state index contributed by atoms with van der Waals surface area (Å²) >= 11 is 0. The summed E-state index contributed by atoms with van der Waals surface area (Å²) in [6, 6.07) is 4.81. The molecule has 0 aromatic heterocycles. The van der Waals surface area contributed by atoms with Crippen LogP contribution in [0, 0.1) is 6.92 Å². The number of aryl methyl sites for hydroxylation is 1. The Morgan fingerprint density at radius 3 is 2.42 bits per heavy atom. The van der Waals surface area contributed by atoms with Gasteiger partial charge in [-0.3, -0.25) is 4.79 Å². The van der Waals surface area contributed by atoms with Gasteiger partial charge in [0.1, 0.15) is 5.75 Å². The van der Waals surface area contributed by atoms with Gasteiger partial charge in [-0.15, -0.1) is 0 Å². The minimum atomic E-state index is -1.09. The molecule has 2 N–H and O–H groups in total. The molecule has 104 valence electrons. The van der Waals surface area contributed by atoms with Crippen molar-refractivity contribution in [1.82, 2.24) is 0 Å². The highest BCUT2D eigenvalue weighted by molar-refractivity contribution is 5.93. The number of carbonyl (C=O) groups excluding carboxylic acids is 2. The first-order valence-corrected chi connectivity index (χ1v) is 6.04. The summed E-state index contributed by atoms with van der Waals surface area (Å²) in [7, 11) is 0. The molecule has 0 fully saturated rings. The molecule has 5 heteroatoms. The van der Waals surface area contributed by atoms with Crippen LogP contribution in [0.2, 0.25) is 0 Å². The van der Waals surface area contributed by atoms with Crippen LogP contribution in [0.4, 0.5) is 0 Å². The van der Waals surface area contributed by atoms with E-state index in [9.17, 15) is 9.59 Å². The van der Waals surface area contributed by atoms with E-state index in [1.807, 2.05) is 0 Å². The zero-order valence-electron chi connectivity index (χ0n) is 11.6. The van der Waals surface area contributed by atoms with E-state index in [4.69, 9.17) is 15.2 Å². The predicted octanol–water partition coefficient (Wildman–Crippen LogP) is 1.81. The molecule has 0 bridgehead atoms. The third-order valence-electron chi connectivity index (χ3n) is 2.59. The second kappa shape index (κ2) is 5.73. The molecule has 0 aliphatic carbocycles. The summed E-state index contributed by atoms with van der Waals surface area (Å²) < 4.78 is 10.6. The lowest BCUT2D eigenvalue weighted by molar-refractivity contribution is -0.158. The average Bonchev–Trinajstić information content (AvgIpc) is 2.31. The first-order valence-electron chi connectivity index (χ1n) is 6.04. The van der Waals surface area contributed by atoms with Gasteiger partial charge < -0.3 is 15.2 Å². The van der Waals surface area contributed by atoms with Gasteiger partial charge in [-0.2, -0.15) is 0 Å². The lowest BCUT2D eigenvalue weighted by atomic mass is 10.1. The third kappa shape index (κ3) is 3.71. The number of ether oxygens (including phenoxy) is 2. The van der Waals surface area contributed by atoms with Gasteiger partial charge in [-0.25, -0.2) is 4.79 Å². The van der Waals surface area contributed by atoms with Gasteiger partial charge in [0.05, 0.1) is 6.61 Å². The summed E-state index contributed by atoms with van der Waals surface area (Å²) in [6.07, 6.45) is 0. The number of esters is 1. The number of benzene rings is 1. The normalized spacial score (nSPS) is 10.9. The summed E-state index contributed by atoms with van der Waals surface area (Å²) in [5, 5.41) is 0. The summed E-state index contributed by atoms with van der Waals surface area (Å²) in [4.78, 5) is 22.8. The molecule has 1 rings (SSSR count). The van der Waals surface area contributed by atoms with Crippen molar-refractivity contribution in [1.29, 1.82) is 0 Å². The van der Waals surface area contributed by atoms with Crippen molar-refractivity contribution in [2.75, 3.05) is 6.61 Å². The van der Waals surface area contributed by atoms with Gasteiger partial charge in [-0.05, 0) is 51.5 Å². The van der Waals surface area contributed by atoms with Crippen LogP contribution in [-0.2, 0) is 9.53 Å². The fourth-order valence-corrected chi connectivity index (χ4v) is 1.54. The highest BCUT2D eigenvalue weighted by Gasteiger charge is 2.32. The van der Waals surface area contributed by atoms with E-state index < -0.39 is 17.5 Å². The lowest BCUT2D eigenvalue weighted by Crippen LogP contribution is -2.39. The zero-order valence-corrected chi connectivity index (χ0v) is 11.6. The first kappa shape index (κ1) is 15.0. The summed E-state index contributed by atoms with van der Waals surface area (Å²) in [6.45, 7) is 7.08. The van der Waals surface area contributed by atoms with Crippen molar-refractivity contribution in [3.05, 3.63) is 29.3 Å². The smallest absolute Gasteiger partial charge is 0.349 e. The minimum absolute atomic E-state index is 0.297. The number of nitrogens with two attached hydrogens (primary N) is 1. The van der Waals surface area contributed by atoms with Gasteiger partial charge in [0.25, 0.3) is 0 Å². The Hall–Kier alpha value is -2.04. The molecule has 0 heterocycles. The molecule has 1 aromatic rings. The molecule has 0 spiro atoms. The van der Waals surface area contributed by atoms with Crippen molar-refractivity contribution < 1.29 is 19.1 Å². The van der Waals surface area contributed by atoms with E-state index in [0.29, 0.717) is 17.9 Å². The summed E-state index contributed by atoms with van der Waals surface area (Å²) in [5.74, 6) is -0.421. The van der Waals surface area contributed by atoms with Crippen LogP contribution in [0.15, 0.2) is 18.2 Å². The van der Waals surface area contributed by atoms with Crippen LogP contribution in [0.25, 0.3) is 0 Å². The zero-order chi connectivity index (χ0) is 14.6. The molecule has 1 amide bonds. The molecule has 0 saturated heterocycles. The van der Waals surface area contributed by atoms with E-state index in [1.54, 1.807) is 45.9 Å². The molecular weight excluding hydrogens is 246 g/mol. The fraction of sp³-hybridized carbons (Fsp3) is 0.429. The topological polar surface area (TPSA) is 78.6 Å².